The summed E-state index contributed by atoms with van der Waals surface area (Å²) in [6.07, 6.45) is -0.0383. The van der Waals surface area contributed by atoms with Gasteiger partial charge in [0, 0.05) is 31.7 Å². The van der Waals surface area contributed by atoms with E-state index in [1.807, 2.05) is 7.05 Å². The van der Waals surface area contributed by atoms with Crippen LogP contribution in [0, 0.1) is 5.82 Å². The van der Waals surface area contributed by atoms with E-state index in [1.165, 1.54) is 25.3 Å². The third-order valence-corrected chi connectivity index (χ3v) is 5.21. The number of rotatable bonds is 7. The van der Waals surface area contributed by atoms with Crippen molar-refractivity contribution in [2.75, 3.05) is 52.2 Å². The Labute approximate surface area is 186 Å². The SMILES string of the molecule is COc1ccc(C(=O)N2CCN(C)CC2)cc1NC(=O)CNC(=O)Cc1cccc(F)c1. The van der Waals surface area contributed by atoms with E-state index in [0.29, 0.717) is 35.7 Å². The second-order valence-electron chi connectivity index (χ2n) is 7.64. The van der Waals surface area contributed by atoms with E-state index >= 15 is 0 Å². The number of hydrogen-bond acceptors (Lipinski definition) is 5. The lowest BCUT2D eigenvalue weighted by Crippen LogP contribution is -2.47. The van der Waals surface area contributed by atoms with Crippen LogP contribution in [0.4, 0.5) is 10.1 Å². The van der Waals surface area contributed by atoms with Crippen LogP contribution in [0.15, 0.2) is 42.5 Å². The summed E-state index contributed by atoms with van der Waals surface area (Å²) in [5.41, 5.74) is 1.30. The zero-order valence-corrected chi connectivity index (χ0v) is 18.2. The Kier molecular flexibility index (Phi) is 7.77. The highest BCUT2D eigenvalue weighted by Gasteiger charge is 2.21. The van der Waals surface area contributed by atoms with Crippen molar-refractivity contribution in [1.82, 2.24) is 15.1 Å². The predicted molar refractivity (Wildman–Crippen MR) is 118 cm³/mol. The molecule has 170 valence electrons. The quantitative estimate of drug-likeness (QED) is 0.679. The van der Waals surface area contributed by atoms with Gasteiger partial charge in [0.25, 0.3) is 5.91 Å². The van der Waals surface area contributed by atoms with E-state index in [9.17, 15) is 18.8 Å². The Morgan fingerprint density at radius 2 is 1.78 bits per heavy atom. The monoisotopic (exact) mass is 442 g/mol. The van der Waals surface area contributed by atoms with Crippen molar-refractivity contribution in [3.8, 4) is 5.75 Å². The number of carbonyl (C=O) groups excluding carboxylic acids is 3. The van der Waals surface area contributed by atoms with Crippen LogP contribution in [-0.4, -0.2) is 74.4 Å². The number of nitrogens with one attached hydrogen (secondary N) is 2. The Hall–Kier alpha value is -3.46. The van der Waals surface area contributed by atoms with Crippen LogP contribution in [0.1, 0.15) is 15.9 Å². The van der Waals surface area contributed by atoms with Gasteiger partial charge in [-0.05, 0) is 42.9 Å². The molecule has 0 saturated carbocycles. The summed E-state index contributed by atoms with van der Waals surface area (Å²) in [6, 6.07) is 10.6. The smallest absolute Gasteiger partial charge is 0.254 e. The number of benzene rings is 2. The van der Waals surface area contributed by atoms with Crippen molar-refractivity contribution in [2.45, 2.75) is 6.42 Å². The number of ether oxygens (including phenoxy) is 1. The van der Waals surface area contributed by atoms with Gasteiger partial charge in [-0.1, -0.05) is 12.1 Å². The molecule has 2 aromatic carbocycles. The zero-order chi connectivity index (χ0) is 23.1. The number of methoxy groups -OCH3 is 1. The molecule has 1 fully saturated rings. The van der Waals surface area contributed by atoms with Gasteiger partial charge in [0.2, 0.25) is 11.8 Å². The van der Waals surface area contributed by atoms with Crippen molar-refractivity contribution in [3.63, 3.8) is 0 Å². The fourth-order valence-corrected chi connectivity index (χ4v) is 3.40. The van der Waals surface area contributed by atoms with E-state index in [0.717, 1.165) is 13.1 Å². The Balaban J connectivity index is 1.59. The highest BCUT2D eigenvalue weighted by Crippen LogP contribution is 2.26. The molecule has 0 aromatic heterocycles. The molecule has 3 amide bonds. The van der Waals surface area contributed by atoms with Crippen molar-refractivity contribution in [2.24, 2.45) is 0 Å². The first kappa shape index (κ1) is 23.2. The highest BCUT2D eigenvalue weighted by molar-refractivity contribution is 5.99. The fraction of sp³-hybridized carbons (Fsp3) is 0.348. The minimum absolute atomic E-state index is 0.0383. The number of halogens is 1. The lowest BCUT2D eigenvalue weighted by molar-refractivity contribution is -0.123. The van der Waals surface area contributed by atoms with Gasteiger partial charge in [-0.15, -0.1) is 0 Å². The van der Waals surface area contributed by atoms with E-state index in [-0.39, 0.29) is 18.9 Å². The standard InChI is InChI=1S/C23H27FN4O4/c1-27-8-10-28(11-9-27)23(31)17-6-7-20(32-2)19(14-17)26-22(30)15-25-21(29)13-16-4-3-5-18(24)12-16/h3-7,12,14H,8-11,13,15H2,1-2H3,(H,25,29)(H,26,30). The summed E-state index contributed by atoms with van der Waals surface area (Å²) >= 11 is 0. The molecule has 8 nitrogen and oxygen atoms in total. The van der Waals surface area contributed by atoms with Crippen LogP contribution < -0.4 is 15.4 Å². The number of likely N-dealkylation sites (N-methyl/N-ethyl adjacent to an activating group) is 1. The van der Waals surface area contributed by atoms with E-state index < -0.39 is 17.6 Å². The Bertz CT molecular complexity index is 990. The zero-order valence-electron chi connectivity index (χ0n) is 18.2. The maximum Gasteiger partial charge on any atom is 0.254 e. The predicted octanol–water partition coefficient (Wildman–Crippen LogP) is 1.52. The minimum atomic E-state index is -0.472. The van der Waals surface area contributed by atoms with Gasteiger partial charge >= 0.3 is 0 Å². The van der Waals surface area contributed by atoms with Crippen LogP contribution in [0.3, 0.4) is 0 Å². The van der Waals surface area contributed by atoms with Gasteiger partial charge in [0.1, 0.15) is 11.6 Å². The first-order valence-electron chi connectivity index (χ1n) is 10.3. The summed E-state index contributed by atoms with van der Waals surface area (Å²) in [6.45, 7) is 2.62. The van der Waals surface area contributed by atoms with Crippen molar-refractivity contribution < 1.29 is 23.5 Å². The van der Waals surface area contributed by atoms with Gasteiger partial charge < -0.3 is 25.2 Å². The molecule has 0 unspecified atom stereocenters. The average molecular weight is 442 g/mol. The molecule has 0 aliphatic carbocycles. The van der Waals surface area contributed by atoms with E-state index in [1.54, 1.807) is 29.2 Å². The fourth-order valence-electron chi connectivity index (χ4n) is 3.40. The molecular formula is C23H27FN4O4. The number of amides is 3. The molecule has 0 bridgehead atoms. The maximum atomic E-state index is 13.2. The van der Waals surface area contributed by atoms with Crippen molar-refractivity contribution in [3.05, 3.63) is 59.4 Å². The molecule has 32 heavy (non-hydrogen) atoms. The maximum absolute atomic E-state index is 13.2. The van der Waals surface area contributed by atoms with Crippen molar-refractivity contribution in [1.29, 1.82) is 0 Å². The Morgan fingerprint density at radius 1 is 1.03 bits per heavy atom. The molecular weight excluding hydrogens is 415 g/mol. The first-order valence-corrected chi connectivity index (χ1v) is 10.3. The van der Waals surface area contributed by atoms with Gasteiger partial charge in [-0.2, -0.15) is 0 Å². The topological polar surface area (TPSA) is 91.0 Å². The highest BCUT2D eigenvalue weighted by atomic mass is 19.1. The molecule has 2 N–H and O–H groups in total. The number of nitrogens with zero attached hydrogens (tertiary/aromatic N) is 2. The number of anilines is 1. The molecule has 3 rings (SSSR count). The summed E-state index contributed by atoms with van der Waals surface area (Å²) in [5, 5.41) is 5.18. The summed E-state index contributed by atoms with van der Waals surface area (Å²) < 4.78 is 18.5. The minimum Gasteiger partial charge on any atom is -0.495 e. The molecule has 9 heteroatoms. The lowest BCUT2D eigenvalue weighted by Gasteiger charge is -2.32. The van der Waals surface area contributed by atoms with E-state index in [4.69, 9.17) is 4.74 Å². The molecule has 1 aliphatic heterocycles. The molecule has 1 aliphatic rings. The lowest BCUT2D eigenvalue weighted by atomic mass is 10.1. The largest absolute Gasteiger partial charge is 0.495 e. The van der Waals surface area contributed by atoms with Gasteiger partial charge in [0.15, 0.2) is 0 Å². The third-order valence-electron chi connectivity index (χ3n) is 5.21. The molecule has 0 radical (unpaired) electrons. The third kappa shape index (κ3) is 6.27. The molecule has 2 aromatic rings. The van der Waals surface area contributed by atoms with Crippen LogP contribution in [-0.2, 0) is 16.0 Å². The van der Waals surface area contributed by atoms with E-state index in [2.05, 4.69) is 15.5 Å². The normalized spacial score (nSPS) is 14.0. The van der Waals surface area contributed by atoms with Gasteiger partial charge in [-0.25, -0.2) is 4.39 Å². The summed E-state index contributed by atoms with van der Waals surface area (Å²) in [5.74, 6) is -1.01. The summed E-state index contributed by atoms with van der Waals surface area (Å²) in [4.78, 5) is 41.2. The van der Waals surface area contributed by atoms with Crippen LogP contribution in [0.2, 0.25) is 0 Å². The summed E-state index contributed by atoms with van der Waals surface area (Å²) in [7, 11) is 3.48. The van der Waals surface area contributed by atoms with Crippen LogP contribution in [0.5, 0.6) is 5.75 Å². The second kappa shape index (κ2) is 10.7. The molecule has 1 saturated heterocycles. The number of piperazine rings is 1. The van der Waals surface area contributed by atoms with Crippen molar-refractivity contribution >= 4 is 23.4 Å². The molecule has 0 atom stereocenters. The average Bonchev–Trinajstić information content (AvgIpc) is 2.78. The first-order chi connectivity index (χ1) is 15.4. The van der Waals surface area contributed by atoms with Gasteiger partial charge in [-0.3, -0.25) is 14.4 Å². The van der Waals surface area contributed by atoms with Crippen LogP contribution >= 0.6 is 0 Å². The molecule has 1 heterocycles. The number of carbonyl (C=O) groups is 3. The molecule has 0 spiro atoms. The number of hydrogen-bond donors (Lipinski definition) is 2. The van der Waals surface area contributed by atoms with Gasteiger partial charge in [0.05, 0.1) is 25.8 Å². The van der Waals surface area contributed by atoms with Crippen LogP contribution in [0.25, 0.3) is 0 Å². The second-order valence-corrected chi connectivity index (χ2v) is 7.64. The Morgan fingerprint density at radius 3 is 2.47 bits per heavy atom.